The predicted octanol–water partition coefficient (Wildman–Crippen LogP) is 1.04. The number of nitrogens with two attached hydrogens (primary N) is 1. The summed E-state index contributed by atoms with van der Waals surface area (Å²) < 4.78 is 0. The van der Waals surface area contributed by atoms with Gasteiger partial charge < -0.3 is 15.5 Å². The number of hydrogen-bond donors (Lipinski definition) is 1. The smallest absolute Gasteiger partial charge is 0.269 e. The third-order valence-corrected chi connectivity index (χ3v) is 3.84. The Labute approximate surface area is 146 Å². The van der Waals surface area contributed by atoms with Crippen LogP contribution in [0.2, 0.25) is 0 Å². The van der Waals surface area contributed by atoms with Crippen molar-refractivity contribution in [2.75, 3.05) is 32.7 Å². The molecular weight excluding hydrogens is 336 g/mol. The Morgan fingerprint density at radius 3 is 2.12 bits per heavy atom. The predicted molar refractivity (Wildman–Crippen MR) is 91.1 cm³/mol. The maximum atomic E-state index is 12.4. The van der Waals surface area contributed by atoms with Crippen LogP contribution in [0.1, 0.15) is 23.2 Å². The van der Waals surface area contributed by atoms with Crippen LogP contribution in [0.3, 0.4) is 0 Å². The van der Waals surface area contributed by atoms with Gasteiger partial charge in [-0.1, -0.05) is 0 Å². The maximum Gasteiger partial charge on any atom is 0.269 e. The second-order valence-electron chi connectivity index (χ2n) is 5.37. The number of halogens is 1. The molecule has 0 spiro atoms. The Hall–Kier alpha value is -2.19. The lowest BCUT2D eigenvalue weighted by molar-refractivity contribution is -0.384. The molecule has 1 heterocycles. The van der Waals surface area contributed by atoms with Crippen LogP contribution in [0.4, 0.5) is 5.69 Å². The van der Waals surface area contributed by atoms with Gasteiger partial charge in [-0.25, -0.2) is 0 Å². The summed E-state index contributed by atoms with van der Waals surface area (Å²) in [5.74, 6) is -0.105. The van der Waals surface area contributed by atoms with Crippen molar-refractivity contribution in [1.82, 2.24) is 9.80 Å². The van der Waals surface area contributed by atoms with Crippen LogP contribution in [0.5, 0.6) is 0 Å². The molecule has 24 heavy (non-hydrogen) atoms. The van der Waals surface area contributed by atoms with Crippen LogP contribution in [0.15, 0.2) is 24.3 Å². The highest BCUT2D eigenvalue weighted by atomic mass is 35.5. The maximum absolute atomic E-state index is 12.4. The summed E-state index contributed by atoms with van der Waals surface area (Å²) in [6, 6.07) is 5.55. The van der Waals surface area contributed by atoms with Crippen molar-refractivity contribution in [2.45, 2.75) is 12.8 Å². The van der Waals surface area contributed by atoms with Gasteiger partial charge in [0.1, 0.15) is 0 Å². The van der Waals surface area contributed by atoms with E-state index in [-0.39, 0.29) is 29.9 Å². The molecule has 0 bridgehead atoms. The number of nitro benzene ring substituents is 1. The average Bonchev–Trinajstić information content (AvgIpc) is 2.59. The zero-order valence-electron chi connectivity index (χ0n) is 13.2. The number of piperazine rings is 1. The number of hydrogen-bond acceptors (Lipinski definition) is 5. The van der Waals surface area contributed by atoms with Gasteiger partial charge in [-0.15, -0.1) is 12.4 Å². The zero-order valence-corrected chi connectivity index (χ0v) is 14.0. The molecule has 2 N–H and O–H groups in total. The second-order valence-corrected chi connectivity index (χ2v) is 5.37. The van der Waals surface area contributed by atoms with Gasteiger partial charge in [0, 0.05) is 50.3 Å². The van der Waals surface area contributed by atoms with E-state index >= 15 is 0 Å². The zero-order chi connectivity index (χ0) is 16.8. The number of non-ortho nitro benzene ring substituents is 1. The van der Waals surface area contributed by atoms with Crippen molar-refractivity contribution >= 4 is 29.9 Å². The van der Waals surface area contributed by atoms with Crippen molar-refractivity contribution in [2.24, 2.45) is 5.73 Å². The van der Waals surface area contributed by atoms with Crippen LogP contribution < -0.4 is 5.73 Å². The van der Waals surface area contributed by atoms with E-state index in [4.69, 9.17) is 5.73 Å². The fourth-order valence-electron chi connectivity index (χ4n) is 2.48. The van der Waals surface area contributed by atoms with Gasteiger partial charge in [0.25, 0.3) is 11.6 Å². The minimum absolute atomic E-state index is 0. The first kappa shape index (κ1) is 19.9. The van der Waals surface area contributed by atoms with E-state index in [2.05, 4.69) is 0 Å². The molecule has 1 aromatic rings. The van der Waals surface area contributed by atoms with Gasteiger partial charge >= 0.3 is 0 Å². The standard InChI is InChI=1S/C15H20N4O4.ClH/c16-7-1-2-14(20)17-8-10-18(11-9-17)15(21)12-3-5-13(6-4-12)19(22)23;/h3-6H,1-2,7-11,16H2;1H. The van der Waals surface area contributed by atoms with E-state index in [1.54, 1.807) is 9.80 Å². The van der Waals surface area contributed by atoms with Crippen molar-refractivity contribution in [3.05, 3.63) is 39.9 Å². The lowest BCUT2D eigenvalue weighted by atomic mass is 10.1. The van der Waals surface area contributed by atoms with Crippen molar-refractivity contribution in [3.8, 4) is 0 Å². The lowest BCUT2D eigenvalue weighted by Crippen LogP contribution is -2.50. The molecule has 1 fully saturated rings. The molecule has 0 atom stereocenters. The summed E-state index contributed by atoms with van der Waals surface area (Å²) in [6.07, 6.45) is 1.10. The molecule has 132 valence electrons. The highest BCUT2D eigenvalue weighted by Gasteiger charge is 2.24. The van der Waals surface area contributed by atoms with E-state index in [0.717, 1.165) is 0 Å². The summed E-state index contributed by atoms with van der Waals surface area (Å²) in [6.45, 7) is 2.42. The van der Waals surface area contributed by atoms with Gasteiger partial charge in [-0.05, 0) is 25.1 Å². The highest BCUT2D eigenvalue weighted by molar-refractivity contribution is 5.94. The number of benzene rings is 1. The molecule has 8 nitrogen and oxygen atoms in total. The van der Waals surface area contributed by atoms with E-state index in [1.165, 1.54) is 24.3 Å². The largest absolute Gasteiger partial charge is 0.339 e. The normalized spacial score (nSPS) is 14.0. The minimum Gasteiger partial charge on any atom is -0.339 e. The van der Waals surface area contributed by atoms with Gasteiger partial charge in [0.05, 0.1) is 4.92 Å². The van der Waals surface area contributed by atoms with Crippen molar-refractivity contribution in [1.29, 1.82) is 0 Å². The highest BCUT2D eigenvalue weighted by Crippen LogP contribution is 2.15. The third-order valence-electron chi connectivity index (χ3n) is 3.84. The summed E-state index contributed by atoms with van der Waals surface area (Å²) >= 11 is 0. The fraction of sp³-hybridized carbons (Fsp3) is 0.467. The average molecular weight is 357 g/mol. The SMILES string of the molecule is Cl.NCCCC(=O)N1CCN(C(=O)c2ccc([N+](=O)[O-])cc2)CC1. The van der Waals surface area contributed by atoms with Gasteiger partial charge in [0.15, 0.2) is 0 Å². The molecular formula is C15H21ClN4O4. The summed E-state index contributed by atoms with van der Waals surface area (Å²) in [5, 5.41) is 10.6. The van der Waals surface area contributed by atoms with Gasteiger partial charge in [0.2, 0.25) is 5.91 Å². The molecule has 0 radical (unpaired) electrons. The Bertz CT molecular complexity index is 586. The van der Waals surface area contributed by atoms with Crippen LogP contribution in [0.25, 0.3) is 0 Å². The number of carbonyl (C=O) groups is 2. The van der Waals surface area contributed by atoms with Crippen molar-refractivity contribution in [3.63, 3.8) is 0 Å². The molecule has 2 rings (SSSR count). The number of carbonyl (C=O) groups excluding carboxylic acids is 2. The first-order chi connectivity index (χ1) is 11.0. The molecule has 1 saturated heterocycles. The minimum atomic E-state index is -0.500. The number of nitro groups is 1. The number of amides is 2. The summed E-state index contributed by atoms with van der Waals surface area (Å²) in [7, 11) is 0. The summed E-state index contributed by atoms with van der Waals surface area (Å²) in [5.41, 5.74) is 5.77. The van der Waals surface area contributed by atoms with E-state index in [9.17, 15) is 19.7 Å². The first-order valence-electron chi connectivity index (χ1n) is 7.54. The van der Waals surface area contributed by atoms with Crippen LogP contribution in [-0.4, -0.2) is 59.3 Å². The molecule has 0 unspecified atom stereocenters. The van der Waals surface area contributed by atoms with Crippen LogP contribution in [0, 0.1) is 10.1 Å². The molecule has 1 aliphatic heterocycles. The molecule has 0 saturated carbocycles. The van der Waals surface area contributed by atoms with Gasteiger partial charge in [-0.2, -0.15) is 0 Å². The summed E-state index contributed by atoms with van der Waals surface area (Å²) in [4.78, 5) is 37.8. The Kier molecular flexibility index (Phi) is 7.60. The molecule has 1 aliphatic rings. The second kappa shape index (κ2) is 9.19. The molecule has 0 aromatic heterocycles. The van der Waals surface area contributed by atoms with E-state index in [0.29, 0.717) is 51.1 Å². The Morgan fingerprint density at radius 1 is 1.08 bits per heavy atom. The quantitative estimate of drug-likeness (QED) is 0.626. The number of nitrogens with zero attached hydrogens (tertiary/aromatic N) is 3. The van der Waals surface area contributed by atoms with Crippen molar-refractivity contribution < 1.29 is 14.5 Å². The third kappa shape index (κ3) is 4.90. The first-order valence-corrected chi connectivity index (χ1v) is 7.54. The van der Waals surface area contributed by atoms with Crippen LogP contribution in [-0.2, 0) is 4.79 Å². The van der Waals surface area contributed by atoms with Gasteiger partial charge in [-0.3, -0.25) is 19.7 Å². The molecule has 9 heteroatoms. The lowest BCUT2D eigenvalue weighted by Gasteiger charge is -2.34. The van der Waals surface area contributed by atoms with E-state index in [1.807, 2.05) is 0 Å². The van der Waals surface area contributed by atoms with Crippen LogP contribution >= 0.6 is 12.4 Å². The number of rotatable bonds is 5. The molecule has 2 amide bonds. The Morgan fingerprint density at radius 2 is 1.62 bits per heavy atom. The monoisotopic (exact) mass is 356 g/mol. The molecule has 1 aromatic carbocycles. The topological polar surface area (TPSA) is 110 Å². The van der Waals surface area contributed by atoms with E-state index < -0.39 is 4.92 Å². The molecule has 0 aliphatic carbocycles. The fourth-order valence-corrected chi connectivity index (χ4v) is 2.48. The Balaban J connectivity index is 0.00000288.